The van der Waals surface area contributed by atoms with Gasteiger partial charge < -0.3 is 20.4 Å². The fraction of sp³-hybridized carbons (Fsp3) is 0.667. The molecule has 0 radical (unpaired) electrons. The molecule has 0 amide bonds. The van der Waals surface area contributed by atoms with Gasteiger partial charge in [-0.05, 0) is 12.8 Å². The van der Waals surface area contributed by atoms with Gasteiger partial charge in [0.2, 0.25) is 0 Å². The van der Waals surface area contributed by atoms with Crippen molar-refractivity contribution in [2.24, 2.45) is 11.7 Å². The molecule has 0 heterocycles. The maximum absolute atomic E-state index is 8.88. The third-order valence-corrected chi connectivity index (χ3v) is 1.20. The fourth-order valence-corrected chi connectivity index (χ4v) is 0.215. The van der Waals surface area contributed by atoms with Crippen LogP contribution >= 0.6 is 7.82 Å². The molecular weight excluding hydrogens is 181 g/mol. The molecule has 0 aliphatic carbocycles. The molecule has 0 fully saturated rings. The summed E-state index contributed by atoms with van der Waals surface area (Å²) in [7, 11) is -4.64. The largest absolute Gasteiger partial charge is 0.466 e. The lowest BCUT2D eigenvalue weighted by Gasteiger charge is -2.07. The van der Waals surface area contributed by atoms with Crippen LogP contribution < -0.4 is 5.73 Å². The van der Waals surface area contributed by atoms with Gasteiger partial charge in [-0.2, -0.15) is 0 Å². The summed E-state index contributed by atoms with van der Waals surface area (Å²) in [5.41, 5.74) is 5.48. The average Bonchev–Trinajstić information content (AvgIpc) is 1.82. The molecule has 0 saturated carbocycles. The highest BCUT2D eigenvalue weighted by Crippen LogP contribution is 2.25. The zero-order chi connectivity index (χ0) is 10.4. The van der Waals surface area contributed by atoms with E-state index in [2.05, 4.69) is 13.5 Å². The molecule has 0 rings (SSSR count). The van der Waals surface area contributed by atoms with Crippen LogP contribution in [-0.4, -0.2) is 20.7 Å². The SMILES string of the molecule is C=CC(C)C(C)N.O=P(O)(O)O. The van der Waals surface area contributed by atoms with Gasteiger partial charge in [0.1, 0.15) is 0 Å². The lowest BCUT2D eigenvalue weighted by Crippen LogP contribution is -2.22. The van der Waals surface area contributed by atoms with Crippen LogP contribution in [-0.2, 0) is 4.57 Å². The molecule has 2 unspecified atom stereocenters. The van der Waals surface area contributed by atoms with Gasteiger partial charge in [0.25, 0.3) is 0 Å². The summed E-state index contributed by atoms with van der Waals surface area (Å²) in [6.45, 7) is 7.63. The minimum Gasteiger partial charge on any atom is -0.327 e. The summed E-state index contributed by atoms with van der Waals surface area (Å²) >= 11 is 0. The summed E-state index contributed by atoms with van der Waals surface area (Å²) in [6.07, 6.45) is 1.87. The molecule has 12 heavy (non-hydrogen) atoms. The van der Waals surface area contributed by atoms with Crippen molar-refractivity contribution < 1.29 is 19.2 Å². The molecule has 0 aromatic heterocycles. The number of phosphoric acid groups is 1. The minimum atomic E-state index is -4.64. The Morgan fingerprint density at radius 1 is 1.42 bits per heavy atom. The molecular formula is C6H16NO4P. The Balaban J connectivity index is 0. The molecule has 0 aliphatic heterocycles. The van der Waals surface area contributed by atoms with Gasteiger partial charge in [0.05, 0.1) is 0 Å². The normalized spacial score (nSPS) is 15.5. The lowest BCUT2D eigenvalue weighted by molar-refractivity contribution is 0.275. The van der Waals surface area contributed by atoms with Crippen LogP contribution in [0.4, 0.5) is 0 Å². The highest BCUT2D eigenvalue weighted by molar-refractivity contribution is 7.45. The summed E-state index contributed by atoms with van der Waals surface area (Å²) in [4.78, 5) is 21.6. The molecule has 0 aliphatic rings. The van der Waals surface area contributed by atoms with E-state index in [1.807, 2.05) is 13.0 Å². The Bertz CT molecular complexity index is 157. The van der Waals surface area contributed by atoms with E-state index in [4.69, 9.17) is 25.0 Å². The summed E-state index contributed by atoms with van der Waals surface area (Å²) < 4.78 is 8.88. The second kappa shape index (κ2) is 6.34. The second-order valence-electron chi connectivity index (χ2n) is 2.47. The molecule has 0 spiro atoms. The smallest absolute Gasteiger partial charge is 0.327 e. The van der Waals surface area contributed by atoms with Crippen LogP contribution in [0.3, 0.4) is 0 Å². The third-order valence-electron chi connectivity index (χ3n) is 1.20. The van der Waals surface area contributed by atoms with E-state index in [0.29, 0.717) is 5.92 Å². The van der Waals surface area contributed by atoms with E-state index in [9.17, 15) is 0 Å². The first kappa shape index (κ1) is 14.3. The molecule has 6 heteroatoms. The van der Waals surface area contributed by atoms with Crippen molar-refractivity contribution in [1.82, 2.24) is 0 Å². The molecule has 0 bridgehead atoms. The number of hydrogen-bond acceptors (Lipinski definition) is 2. The lowest BCUT2D eigenvalue weighted by atomic mass is 10.1. The van der Waals surface area contributed by atoms with Crippen LogP contribution in [0.5, 0.6) is 0 Å². The highest BCUT2D eigenvalue weighted by atomic mass is 31.2. The van der Waals surface area contributed by atoms with Crippen molar-refractivity contribution in [3.05, 3.63) is 12.7 Å². The Kier molecular flexibility index (Phi) is 7.58. The molecule has 74 valence electrons. The number of hydrogen-bond donors (Lipinski definition) is 4. The van der Waals surface area contributed by atoms with Crippen molar-refractivity contribution in [3.8, 4) is 0 Å². The van der Waals surface area contributed by atoms with E-state index in [-0.39, 0.29) is 6.04 Å². The van der Waals surface area contributed by atoms with Gasteiger partial charge in [-0.3, -0.25) is 0 Å². The maximum atomic E-state index is 8.88. The van der Waals surface area contributed by atoms with Gasteiger partial charge in [0.15, 0.2) is 0 Å². The Hall–Kier alpha value is -0.190. The first-order valence-corrected chi connectivity index (χ1v) is 4.91. The van der Waals surface area contributed by atoms with Crippen LogP contribution in [0.2, 0.25) is 0 Å². The molecule has 5 nitrogen and oxygen atoms in total. The Morgan fingerprint density at radius 2 is 1.67 bits per heavy atom. The van der Waals surface area contributed by atoms with Gasteiger partial charge >= 0.3 is 7.82 Å². The topological polar surface area (TPSA) is 104 Å². The first-order chi connectivity index (χ1) is 5.18. The van der Waals surface area contributed by atoms with Crippen LogP contribution in [0, 0.1) is 5.92 Å². The van der Waals surface area contributed by atoms with Crippen molar-refractivity contribution >= 4 is 7.82 Å². The van der Waals surface area contributed by atoms with Crippen LogP contribution in [0.15, 0.2) is 12.7 Å². The van der Waals surface area contributed by atoms with Crippen LogP contribution in [0.25, 0.3) is 0 Å². The van der Waals surface area contributed by atoms with E-state index < -0.39 is 7.82 Å². The van der Waals surface area contributed by atoms with Gasteiger partial charge in [0, 0.05) is 6.04 Å². The quantitative estimate of drug-likeness (QED) is 0.374. The van der Waals surface area contributed by atoms with Crippen molar-refractivity contribution in [1.29, 1.82) is 0 Å². The van der Waals surface area contributed by atoms with Crippen molar-refractivity contribution in [2.75, 3.05) is 0 Å². The zero-order valence-corrected chi connectivity index (χ0v) is 8.11. The van der Waals surface area contributed by atoms with E-state index in [1.165, 1.54) is 0 Å². The van der Waals surface area contributed by atoms with Gasteiger partial charge in [-0.1, -0.05) is 13.0 Å². The molecule has 5 N–H and O–H groups in total. The molecule has 0 saturated heterocycles. The monoisotopic (exact) mass is 197 g/mol. The summed E-state index contributed by atoms with van der Waals surface area (Å²) in [5, 5.41) is 0. The first-order valence-electron chi connectivity index (χ1n) is 3.35. The third kappa shape index (κ3) is 22.6. The van der Waals surface area contributed by atoms with Gasteiger partial charge in [-0.25, -0.2) is 4.57 Å². The predicted octanol–water partition coefficient (Wildman–Crippen LogP) is 0.227. The van der Waals surface area contributed by atoms with Crippen molar-refractivity contribution in [3.63, 3.8) is 0 Å². The van der Waals surface area contributed by atoms with E-state index in [1.54, 1.807) is 0 Å². The number of rotatable bonds is 2. The van der Waals surface area contributed by atoms with E-state index in [0.717, 1.165) is 0 Å². The summed E-state index contributed by atoms with van der Waals surface area (Å²) in [5.74, 6) is 0.444. The maximum Gasteiger partial charge on any atom is 0.466 e. The van der Waals surface area contributed by atoms with Crippen LogP contribution in [0.1, 0.15) is 13.8 Å². The predicted molar refractivity (Wildman–Crippen MR) is 47.3 cm³/mol. The average molecular weight is 197 g/mol. The zero-order valence-electron chi connectivity index (χ0n) is 7.21. The van der Waals surface area contributed by atoms with Gasteiger partial charge in [-0.15, -0.1) is 6.58 Å². The minimum absolute atomic E-state index is 0.248. The second-order valence-corrected chi connectivity index (χ2v) is 3.49. The van der Waals surface area contributed by atoms with E-state index >= 15 is 0 Å². The Labute approximate surface area is 72.2 Å². The van der Waals surface area contributed by atoms with Crippen molar-refractivity contribution in [2.45, 2.75) is 19.9 Å². The fourth-order valence-electron chi connectivity index (χ4n) is 0.215. The number of nitrogens with two attached hydrogens (primary N) is 1. The molecule has 0 aromatic rings. The Morgan fingerprint density at radius 3 is 1.67 bits per heavy atom. The molecule has 0 aromatic carbocycles. The standard InChI is InChI=1S/C6H13N.H3O4P/c1-4-5(2)6(3)7;1-5(2,3)4/h4-6H,1,7H2,2-3H3;(H3,1,2,3,4). The summed E-state index contributed by atoms with van der Waals surface area (Å²) in [6, 6.07) is 0.248. The molecule has 2 atom stereocenters. The highest BCUT2D eigenvalue weighted by Gasteiger charge is 2.00.